The number of hydrogen-bond donors (Lipinski definition) is 2. The Morgan fingerprint density at radius 3 is 2.88 bits per heavy atom. The van der Waals surface area contributed by atoms with Crippen molar-refractivity contribution < 1.29 is 5.11 Å². The number of H-pyrrole nitrogens is 1. The molecule has 1 aromatic rings. The molecule has 2 N–H and O–H groups in total. The number of aromatic amines is 1. The van der Waals surface area contributed by atoms with Crippen molar-refractivity contribution in [2.45, 2.75) is 51.7 Å². The number of aromatic nitrogens is 2. The number of hydrogen-bond acceptors (Lipinski definition) is 2. The van der Waals surface area contributed by atoms with Gasteiger partial charge in [0.1, 0.15) is 0 Å². The summed E-state index contributed by atoms with van der Waals surface area (Å²) < 4.78 is 2.75. The lowest BCUT2D eigenvalue weighted by Gasteiger charge is -2.10. The first kappa shape index (κ1) is 11.9. The van der Waals surface area contributed by atoms with Crippen LogP contribution in [0.1, 0.15) is 44.2 Å². The Morgan fingerprint density at radius 1 is 1.44 bits per heavy atom. The maximum Gasteiger partial charge on any atom is 0.177 e. The smallest absolute Gasteiger partial charge is 0.177 e. The predicted molar refractivity (Wildman–Crippen MR) is 66.7 cm³/mol. The lowest BCUT2D eigenvalue weighted by atomic mass is 10.0. The van der Waals surface area contributed by atoms with Crippen LogP contribution in [0.25, 0.3) is 0 Å². The summed E-state index contributed by atoms with van der Waals surface area (Å²) in [5, 5.41) is 9.16. The topological polar surface area (TPSA) is 40.9 Å². The van der Waals surface area contributed by atoms with Crippen molar-refractivity contribution in [1.82, 2.24) is 9.55 Å². The van der Waals surface area contributed by atoms with Gasteiger partial charge >= 0.3 is 0 Å². The second kappa shape index (κ2) is 5.64. The Bertz CT molecular complexity index is 377. The molecule has 0 bridgehead atoms. The van der Waals surface area contributed by atoms with Crippen LogP contribution in [0, 0.1) is 10.7 Å². The van der Waals surface area contributed by atoms with Gasteiger partial charge in [0.25, 0.3) is 0 Å². The first-order valence-corrected chi connectivity index (χ1v) is 6.60. The first-order valence-electron chi connectivity index (χ1n) is 6.19. The number of aliphatic hydroxyl groups excluding tert-OH is 1. The van der Waals surface area contributed by atoms with Crippen molar-refractivity contribution in [3.63, 3.8) is 0 Å². The van der Waals surface area contributed by atoms with Gasteiger partial charge in [-0.1, -0.05) is 25.7 Å². The Labute approximate surface area is 102 Å². The molecule has 0 aromatic carbocycles. The summed E-state index contributed by atoms with van der Waals surface area (Å²) in [5.74, 6) is 0.936. The number of rotatable bonds is 5. The average Bonchev–Trinajstić information content (AvgIpc) is 2.90. The molecule has 1 aromatic heterocycles. The van der Waals surface area contributed by atoms with Crippen LogP contribution in [0.3, 0.4) is 0 Å². The van der Waals surface area contributed by atoms with Gasteiger partial charge < -0.3 is 14.7 Å². The highest BCUT2D eigenvalue weighted by Gasteiger charge is 2.14. The van der Waals surface area contributed by atoms with Crippen molar-refractivity contribution in [1.29, 1.82) is 0 Å². The lowest BCUT2D eigenvalue weighted by molar-refractivity contribution is 0.269. The molecule has 1 aliphatic rings. The van der Waals surface area contributed by atoms with Crippen LogP contribution >= 0.6 is 12.2 Å². The van der Waals surface area contributed by atoms with Gasteiger partial charge in [-0.05, 0) is 31.0 Å². The van der Waals surface area contributed by atoms with Crippen molar-refractivity contribution in [3.8, 4) is 0 Å². The van der Waals surface area contributed by atoms with Gasteiger partial charge in [0.15, 0.2) is 4.77 Å². The number of nitrogens with one attached hydrogen (secondary N) is 1. The van der Waals surface area contributed by atoms with Crippen LogP contribution in [0.5, 0.6) is 0 Å². The molecule has 3 nitrogen and oxygen atoms in total. The fourth-order valence-corrected chi connectivity index (χ4v) is 2.91. The Kier molecular flexibility index (Phi) is 4.18. The quantitative estimate of drug-likeness (QED) is 0.777. The fourth-order valence-electron chi connectivity index (χ4n) is 2.64. The number of nitrogens with zero attached hydrogens (tertiary/aromatic N) is 1. The third kappa shape index (κ3) is 2.74. The van der Waals surface area contributed by atoms with E-state index in [9.17, 15) is 0 Å². The molecule has 1 fully saturated rings. The van der Waals surface area contributed by atoms with Gasteiger partial charge in [0.2, 0.25) is 0 Å². The summed E-state index contributed by atoms with van der Waals surface area (Å²) in [6, 6.07) is 0. The highest BCUT2D eigenvalue weighted by Crippen LogP contribution is 2.28. The molecular formula is C12H20N2OS. The van der Waals surface area contributed by atoms with Crippen LogP contribution in [0.4, 0.5) is 0 Å². The van der Waals surface area contributed by atoms with E-state index >= 15 is 0 Å². The normalized spacial score (nSPS) is 17.1. The number of aliphatic hydroxyl groups is 1. The molecular weight excluding hydrogens is 220 g/mol. The molecule has 0 unspecified atom stereocenters. The van der Waals surface area contributed by atoms with E-state index in [-0.39, 0.29) is 6.61 Å². The zero-order valence-electron chi connectivity index (χ0n) is 9.61. The lowest BCUT2D eigenvalue weighted by Crippen LogP contribution is -2.05. The molecule has 0 atom stereocenters. The Hall–Kier alpha value is -0.610. The standard InChI is InChI=1S/C12H20N2OS/c15-9-11-8-13-12(16)14(11)7-3-6-10-4-1-2-5-10/h8,10,15H,1-7,9H2,(H,13,16). The van der Waals surface area contributed by atoms with Crippen molar-refractivity contribution in [2.75, 3.05) is 0 Å². The summed E-state index contributed by atoms with van der Waals surface area (Å²) in [7, 11) is 0. The molecule has 1 aliphatic carbocycles. The van der Waals surface area contributed by atoms with E-state index in [0.29, 0.717) is 0 Å². The SMILES string of the molecule is OCc1c[nH]c(=S)n1CCCC1CCCC1. The fraction of sp³-hybridized carbons (Fsp3) is 0.750. The third-order valence-electron chi connectivity index (χ3n) is 3.58. The van der Waals surface area contributed by atoms with Gasteiger partial charge in [-0.25, -0.2) is 0 Å². The molecule has 0 aliphatic heterocycles. The predicted octanol–water partition coefficient (Wildman–Crippen LogP) is 3.01. The van der Waals surface area contributed by atoms with Crippen LogP contribution in [-0.2, 0) is 13.2 Å². The van der Waals surface area contributed by atoms with Gasteiger partial charge in [0.05, 0.1) is 12.3 Å². The van der Waals surface area contributed by atoms with Gasteiger partial charge in [-0.2, -0.15) is 0 Å². The van der Waals surface area contributed by atoms with Crippen molar-refractivity contribution in [3.05, 3.63) is 16.7 Å². The molecule has 0 radical (unpaired) electrons. The third-order valence-corrected chi connectivity index (χ3v) is 3.92. The van der Waals surface area contributed by atoms with Crippen LogP contribution in [-0.4, -0.2) is 14.7 Å². The summed E-state index contributed by atoms with van der Waals surface area (Å²) >= 11 is 5.18. The minimum Gasteiger partial charge on any atom is -0.390 e. The molecule has 90 valence electrons. The molecule has 0 amide bonds. The molecule has 16 heavy (non-hydrogen) atoms. The van der Waals surface area contributed by atoms with Crippen molar-refractivity contribution >= 4 is 12.2 Å². The van der Waals surface area contributed by atoms with E-state index in [1.54, 1.807) is 6.20 Å². The largest absolute Gasteiger partial charge is 0.390 e. The van der Waals surface area contributed by atoms with Crippen molar-refractivity contribution in [2.24, 2.45) is 5.92 Å². The highest BCUT2D eigenvalue weighted by atomic mass is 32.1. The van der Waals surface area contributed by atoms with Gasteiger partial charge in [0, 0.05) is 12.7 Å². The zero-order valence-corrected chi connectivity index (χ0v) is 10.4. The molecule has 1 saturated carbocycles. The molecule has 1 heterocycles. The van der Waals surface area contributed by atoms with Gasteiger partial charge in [-0.15, -0.1) is 0 Å². The average molecular weight is 240 g/mol. The van der Waals surface area contributed by atoms with E-state index in [2.05, 4.69) is 4.98 Å². The van der Waals surface area contributed by atoms with E-state index < -0.39 is 0 Å². The highest BCUT2D eigenvalue weighted by molar-refractivity contribution is 7.71. The second-order valence-corrected chi connectivity index (χ2v) is 5.07. The van der Waals surface area contributed by atoms with E-state index in [1.807, 2.05) is 4.57 Å². The Balaban J connectivity index is 1.84. The van der Waals surface area contributed by atoms with E-state index in [4.69, 9.17) is 17.3 Å². The molecule has 0 saturated heterocycles. The summed E-state index contributed by atoms with van der Waals surface area (Å²) in [4.78, 5) is 2.98. The van der Waals surface area contributed by atoms with Crippen LogP contribution in [0.15, 0.2) is 6.20 Å². The zero-order chi connectivity index (χ0) is 11.4. The second-order valence-electron chi connectivity index (χ2n) is 4.69. The Morgan fingerprint density at radius 2 is 2.19 bits per heavy atom. The van der Waals surface area contributed by atoms with Gasteiger partial charge in [-0.3, -0.25) is 0 Å². The maximum absolute atomic E-state index is 9.16. The summed E-state index contributed by atoms with van der Waals surface area (Å²) in [6.45, 7) is 1.01. The maximum atomic E-state index is 9.16. The summed E-state index contributed by atoms with van der Waals surface area (Å²) in [5.41, 5.74) is 0.899. The first-order chi connectivity index (χ1) is 7.81. The molecule has 0 spiro atoms. The molecule has 2 rings (SSSR count). The monoisotopic (exact) mass is 240 g/mol. The van der Waals surface area contributed by atoms with Crippen LogP contribution in [0.2, 0.25) is 0 Å². The number of imidazole rings is 1. The minimum atomic E-state index is 0.0660. The molecule has 4 heteroatoms. The van der Waals surface area contributed by atoms with E-state index in [1.165, 1.54) is 38.5 Å². The van der Waals surface area contributed by atoms with E-state index in [0.717, 1.165) is 22.9 Å². The minimum absolute atomic E-state index is 0.0660. The summed E-state index contributed by atoms with van der Waals surface area (Å²) in [6.07, 6.45) is 9.92. The van der Waals surface area contributed by atoms with Crippen LogP contribution < -0.4 is 0 Å².